The smallest absolute Gasteiger partial charge is 0.190 e. The number of aromatic nitrogens is 2. The standard InChI is InChI=1S/C22H27N3OS2/c1-4-11-27-21-24-19(23-13-15-9-7-6-8-10-15)18-16-12-22(3,5-2)26-14-17(16)28-20(18)25-21/h6-10H,4-5,11-14H2,1-3H3,(H,23,24,25). The quantitative estimate of drug-likeness (QED) is 0.377. The van der Waals surface area contributed by atoms with Crippen molar-refractivity contribution in [1.29, 1.82) is 0 Å². The maximum atomic E-state index is 6.17. The van der Waals surface area contributed by atoms with Crippen LogP contribution in [0.15, 0.2) is 35.5 Å². The number of hydrogen-bond donors (Lipinski definition) is 1. The normalized spacial score (nSPS) is 19.0. The Hall–Kier alpha value is -1.63. The number of ether oxygens (including phenoxy) is 1. The number of thioether (sulfide) groups is 1. The van der Waals surface area contributed by atoms with Gasteiger partial charge in [-0.3, -0.25) is 0 Å². The molecule has 2 aromatic heterocycles. The predicted octanol–water partition coefficient (Wildman–Crippen LogP) is 6.05. The van der Waals surface area contributed by atoms with Crippen molar-refractivity contribution in [3.05, 3.63) is 46.3 Å². The molecule has 1 aromatic carbocycles. The van der Waals surface area contributed by atoms with E-state index in [1.165, 1.54) is 21.4 Å². The largest absolute Gasteiger partial charge is 0.369 e. The van der Waals surface area contributed by atoms with Crippen molar-refractivity contribution in [2.75, 3.05) is 11.1 Å². The molecule has 0 saturated heterocycles. The molecule has 148 valence electrons. The van der Waals surface area contributed by atoms with Gasteiger partial charge < -0.3 is 10.1 Å². The van der Waals surface area contributed by atoms with Gasteiger partial charge in [0.25, 0.3) is 0 Å². The van der Waals surface area contributed by atoms with E-state index < -0.39 is 0 Å². The highest BCUT2D eigenvalue weighted by molar-refractivity contribution is 7.99. The first-order valence-electron chi connectivity index (χ1n) is 9.98. The lowest BCUT2D eigenvalue weighted by atomic mass is 9.90. The summed E-state index contributed by atoms with van der Waals surface area (Å²) in [5, 5.41) is 5.66. The lowest BCUT2D eigenvalue weighted by Crippen LogP contribution is -2.33. The third kappa shape index (κ3) is 4.04. The first kappa shape index (κ1) is 19.7. The Kier molecular flexibility index (Phi) is 5.90. The minimum Gasteiger partial charge on any atom is -0.369 e. The van der Waals surface area contributed by atoms with E-state index in [0.717, 1.165) is 47.4 Å². The van der Waals surface area contributed by atoms with Gasteiger partial charge in [0, 0.05) is 23.6 Å². The van der Waals surface area contributed by atoms with E-state index in [1.54, 1.807) is 23.1 Å². The van der Waals surface area contributed by atoms with Crippen molar-refractivity contribution in [1.82, 2.24) is 9.97 Å². The van der Waals surface area contributed by atoms with Gasteiger partial charge in [0.1, 0.15) is 10.6 Å². The molecule has 1 aliphatic heterocycles. The molecule has 0 spiro atoms. The number of hydrogen-bond acceptors (Lipinski definition) is 6. The van der Waals surface area contributed by atoms with Crippen molar-refractivity contribution in [3.63, 3.8) is 0 Å². The second-order valence-electron chi connectivity index (χ2n) is 7.50. The van der Waals surface area contributed by atoms with Crippen LogP contribution >= 0.6 is 23.1 Å². The van der Waals surface area contributed by atoms with Crippen LogP contribution < -0.4 is 5.32 Å². The Balaban J connectivity index is 1.74. The van der Waals surface area contributed by atoms with Crippen LogP contribution in [0.5, 0.6) is 0 Å². The number of nitrogens with one attached hydrogen (secondary N) is 1. The van der Waals surface area contributed by atoms with Crippen LogP contribution in [0.25, 0.3) is 10.2 Å². The number of rotatable bonds is 7. The topological polar surface area (TPSA) is 47.0 Å². The first-order chi connectivity index (χ1) is 13.6. The van der Waals surface area contributed by atoms with Crippen molar-refractivity contribution in [2.45, 2.75) is 63.9 Å². The lowest BCUT2D eigenvalue weighted by molar-refractivity contribution is -0.0542. The highest BCUT2D eigenvalue weighted by Crippen LogP contribution is 2.42. The fourth-order valence-electron chi connectivity index (χ4n) is 3.45. The van der Waals surface area contributed by atoms with Crippen LogP contribution in [-0.2, 0) is 24.3 Å². The molecule has 6 heteroatoms. The van der Waals surface area contributed by atoms with E-state index >= 15 is 0 Å². The molecule has 4 nitrogen and oxygen atoms in total. The molecule has 1 N–H and O–H groups in total. The van der Waals surface area contributed by atoms with Gasteiger partial charge in [0.2, 0.25) is 0 Å². The molecule has 3 heterocycles. The zero-order valence-electron chi connectivity index (χ0n) is 16.7. The van der Waals surface area contributed by atoms with E-state index in [2.05, 4.69) is 50.4 Å². The number of fused-ring (bicyclic) bond motifs is 3. The van der Waals surface area contributed by atoms with E-state index in [0.29, 0.717) is 6.61 Å². The van der Waals surface area contributed by atoms with E-state index in [-0.39, 0.29) is 5.60 Å². The van der Waals surface area contributed by atoms with E-state index in [1.807, 2.05) is 6.07 Å². The second-order valence-corrected chi connectivity index (χ2v) is 9.64. The first-order valence-corrected chi connectivity index (χ1v) is 11.8. The summed E-state index contributed by atoms with van der Waals surface area (Å²) in [6.45, 7) is 8.03. The summed E-state index contributed by atoms with van der Waals surface area (Å²) in [7, 11) is 0. The molecule has 3 aromatic rings. The Morgan fingerprint density at radius 3 is 2.79 bits per heavy atom. The van der Waals surface area contributed by atoms with Crippen molar-refractivity contribution >= 4 is 39.1 Å². The van der Waals surface area contributed by atoms with Gasteiger partial charge in [0.15, 0.2) is 5.16 Å². The number of benzene rings is 1. The van der Waals surface area contributed by atoms with Gasteiger partial charge in [-0.15, -0.1) is 11.3 Å². The molecule has 0 saturated carbocycles. The monoisotopic (exact) mass is 413 g/mol. The van der Waals surface area contributed by atoms with Crippen molar-refractivity contribution in [2.24, 2.45) is 0 Å². The maximum Gasteiger partial charge on any atom is 0.190 e. The fourth-order valence-corrected chi connectivity index (χ4v) is 5.31. The SMILES string of the molecule is CCCSc1nc(NCc2ccccc2)c2c3c(sc2n1)COC(C)(CC)C3. The highest BCUT2D eigenvalue weighted by atomic mass is 32.2. The second kappa shape index (κ2) is 8.39. The molecule has 1 unspecified atom stereocenters. The van der Waals surface area contributed by atoms with Gasteiger partial charge in [-0.05, 0) is 30.9 Å². The maximum absolute atomic E-state index is 6.17. The van der Waals surface area contributed by atoms with Crippen molar-refractivity contribution < 1.29 is 4.74 Å². The van der Waals surface area contributed by atoms with Crippen LogP contribution in [0.2, 0.25) is 0 Å². The number of anilines is 1. The molecule has 4 rings (SSSR count). The van der Waals surface area contributed by atoms with E-state index in [9.17, 15) is 0 Å². The summed E-state index contributed by atoms with van der Waals surface area (Å²) in [5.41, 5.74) is 2.52. The molecular weight excluding hydrogens is 386 g/mol. The number of nitrogens with zero attached hydrogens (tertiary/aromatic N) is 2. The minimum atomic E-state index is -0.104. The Bertz CT molecular complexity index is 957. The number of thiophene rings is 1. The molecule has 1 aliphatic rings. The van der Waals surface area contributed by atoms with Crippen LogP contribution in [0, 0.1) is 0 Å². The summed E-state index contributed by atoms with van der Waals surface area (Å²) in [5.74, 6) is 2.00. The third-order valence-corrected chi connectivity index (χ3v) is 7.45. The van der Waals surface area contributed by atoms with Crippen molar-refractivity contribution in [3.8, 4) is 0 Å². The average molecular weight is 414 g/mol. The Morgan fingerprint density at radius 1 is 1.21 bits per heavy atom. The Morgan fingerprint density at radius 2 is 2.04 bits per heavy atom. The summed E-state index contributed by atoms with van der Waals surface area (Å²) in [6, 6.07) is 10.5. The molecule has 0 radical (unpaired) electrons. The predicted molar refractivity (Wildman–Crippen MR) is 119 cm³/mol. The highest BCUT2D eigenvalue weighted by Gasteiger charge is 2.33. The van der Waals surface area contributed by atoms with Gasteiger partial charge in [-0.25, -0.2) is 9.97 Å². The van der Waals surface area contributed by atoms with Crippen LogP contribution in [0.1, 0.15) is 49.6 Å². The minimum absolute atomic E-state index is 0.104. The lowest BCUT2D eigenvalue weighted by Gasteiger charge is -2.33. The summed E-state index contributed by atoms with van der Waals surface area (Å²) in [6.07, 6.45) is 3.04. The zero-order chi connectivity index (χ0) is 19.6. The molecule has 1 atom stereocenters. The van der Waals surface area contributed by atoms with Gasteiger partial charge in [-0.1, -0.05) is 55.9 Å². The molecule has 0 aliphatic carbocycles. The summed E-state index contributed by atoms with van der Waals surface area (Å²) >= 11 is 3.50. The summed E-state index contributed by atoms with van der Waals surface area (Å²) < 4.78 is 6.17. The molecule has 0 bridgehead atoms. The average Bonchev–Trinajstić information content (AvgIpc) is 3.08. The molecular formula is C22H27N3OS2. The zero-order valence-corrected chi connectivity index (χ0v) is 18.4. The van der Waals surface area contributed by atoms with Crippen LogP contribution in [0.4, 0.5) is 5.82 Å². The van der Waals surface area contributed by atoms with Crippen LogP contribution in [-0.4, -0.2) is 21.3 Å². The molecule has 0 fully saturated rings. The molecule has 28 heavy (non-hydrogen) atoms. The summed E-state index contributed by atoms with van der Waals surface area (Å²) in [4.78, 5) is 12.2. The van der Waals surface area contributed by atoms with Gasteiger partial charge >= 0.3 is 0 Å². The van der Waals surface area contributed by atoms with E-state index in [4.69, 9.17) is 14.7 Å². The van der Waals surface area contributed by atoms with Crippen LogP contribution in [0.3, 0.4) is 0 Å². The Labute approximate surface area is 175 Å². The van der Waals surface area contributed by atoms with Gasteiger partial charge in [-0.2, -0.15) is 0 Å². The van der Waals surface area contributed by atoms with Gasteiger partial charge in [0.05, 0.1) is 17.6 Å². The molecule has 0 amide bonds. The third-order valence-electron chi connectivity index (χ3n) is 5.30. The fraction of sp³-hybridized carbons (Fsp3) is 0.455.